The number of hydrogen-bond donors (Lipinski definition) is 0. The number of halogens is 3. The van der Waals surface area contributed by atoms with Crippen LogP contribution in [0.3, 0.4) is 0 Å². The van der Waals surface area contributed by atoms with Gasteiger partial charge in [-0.25, -0.2) is 0 Å². The van der Waals surface area contributed by atoms with Gasteiger partial charge < -0.3 is 0 Å². The van der Waals surface area contributed by atoms with Crippen LogP contribution >= 0.6 is 39.1 Å². The second-order valence-electron chi connectivity index (χ2n) is 7.14. The van der Waals surface area contributed by atoms with Gasteiger partial charge in [-0.15, -0.1) is 0 Å². The molecule has 4 rings (SSSR count). The highest BCUT2D eigenvalue weighted by molar-refractivity contribution is 9.09. The van der Waals surface area contributed by atoms with Gasteiger partial charge in [0.25, 0.3) is 0 Å². The highest BCUT2D eigenvalue weighted by Gasteiger charge is 2.41. The molecule has 136 valence electrons. The van der Waals surface area contributed by atoms with E-state index >= 15 is 0 Å². The van der Waals surface area contributed by atoms with Crippen LogP contribution in [0.1, 0.15) is 22.3 Å². The first-order chi connectivity index (χ1) is 13.1. The lowest BCUT2D eigenvalue weighted by atomic mass is 9.70. The maximum atomic E-state index is 6.08. The first kappa shape index (κ1) is 18.9. The van der Waals surface area contributed by atoms with Crippen LogP contribution in [0.25, 0.3) is 0 Å². The van der Waals surface area contributed by atoms with Gasteiger partial charge in [-0.05, 0) is 60.0 Å². The summed E-state index contributed by atoms with van der Waals surface area (Å²) in [5, 5.41) is 1.57. The number of rotatable bonds is 4. The third-order valence-electron chi connectivity index (χ3n) is 5.34. The van der Waals surface area contributed by atoms with Gasteiger partial charge in [0.1, 0.15) is 5.56 Å². The number of benzene rings is 3. The van der Waals surface area contributed by atoms with Crippen LogP contribution in [0.2, 0.25) is 10.0 Å². The normalized spacial score (nSPS) is 19.0. The van der Waals surface area contributed by atoms with E-state index in [4.69, 9.17) is 23.2 Å². The SMILES string of the molecule is Clc1ccc(C[C+]2c3ccccc3CC(Br)C2Cc2ccc(Cl)cc2)cc1. The van der Waals surface area contributed by atoms with E-state index in [1.807, 2.05) is 24.3 Å². The Morgan fingerprint density at radius 2 is 1.41 bits per heavy atom. The molecule has 0 saturated heterocycles. The highest BCUT2D eigenvalue weighted by atomic mass is 79.9. The summed E-state index contributed by atoms with van der Waals surface area (Å²) in [6, 6.07) is 25.3. The molecule has 0 aromatic heterocycles. The molecule has 0 aliphatic heterocycles. The predicted molar refractivity (Wildman–Crippen MR) is 119 cm³/mol. The summed E-state index contributed by atoms with van der Waals surface area (Å²) in [5.74, 6) is 1.94. The highest BCUT2D eigenvalue weighted by Crippen LogP contribution is 2.42. The first-order valence-electron chi connectivity index (χ1n) is 9.17. The van der Waals surface area contributed by atoms with E-state index in [9.17, 15) is 0 Å². The van der Waals surface area contributed by atoms with E-state index in [1.54, 1.807) is 0 Å². The molecule has 0 bridgehead atoms. The van der Waals surface area contributed by atoms with Gasteiger partial charge in [0.05, 0.1) is 5.56 Å². The predicted octanol–water partition coefficient (Wildman–Crippen LogP) is 7.34. The molecular weight excluding hydrogens is 439 g/mol. The van der Waals surface area contributed by atoms with Gasteiger partial charge in [0, 0.05) is 45.6 Å². The zero-order valence-corrected chi connectivity index (χ0v) is 17.9. The Kier molecular flexibility index (Phi) is 5.82. The largest absolute Gasteiger partial charge is 0.136 e. The molecule has 0 spiro atoms. The summed E-state index contributed by atoms with van der Waals surface area (Å²) in [5.41, 5.74) is 5.45. The van der Waals surface area contributed by atoms with Crippen molar-refractivity contribution in [2.24, 2.45) is 5.92 Å². The molecule has 0 heterocycles. The molecule has 3 aromatic rings. The molecular formula is C24H20BrCl2+. The second-order valence-corrected chi connectivity index (χ2v) is 9.19. The quantitative estimate of drug-likeness (QED) is 0.283. The molecule has 0 nitrogen and oxygen atoms in total. The summed E-state index contributed by atoms with van der Waals surface area (Å²) in [4.78, 5) is 0.422. The zero-order valence-electron chi connectivity index (χ0n) is 14.8. The average molecular weight is 459 g/mol. The van der Waals surface area contributed by atoms with Crippen LogP contribution < -0.4 is 0 Å². The Morgan fingerprint density at radius 3 is 2.07 bits per heavy atom. The van der Waals surface area contributed by atoms with Gasteiger partial charge in [-0.3, -0.25) is 0 Å². The van der Waals surface area contributed by atoms with E-state index in [1.165, 1.54) is 28.2 Å². The number of fused-ring (bicyclic) bond motifs is 1. The first-order valence-corrected chi connectivity index (χ1v) is 10.8. The second kappa shape index (κ2) is 8.31. The lowest BCUT2D eigenvalue weighted by molar-refractivity contribution is 0.494. The fourth-order valence-electron chi connectivity index (χ4n) is 3.96. The third kappa shape index (κ3) is 4.37. The number of hydrogen-bond acceptors (Lipinski definition) is 0. The van der Waals surface area contributed by atoms with Crippen molar-refractivity contribution in [3.05, 3.63) is 111 Å². The Labute approximate surface area is 179 Å². The van der Waals surface area contributed by atoms with E-state index < -0.39 is 0 Å². The number of alkyl halides is 1. The van der Waals surface area contributed by atoms with Crippen LogP contribution in [0.15, 0.2) is 72.8 Å². The summed E-state index contributed by atoms with van der Waals surface area (Å²) in [7, 11) is 0. The lowest BCUT2D eigenvalue weighted by Crippen LogP contribution is -2.33. The Bertz CT molecular complexity index is 902. The Balaban J connectivity index is 1.68. The molecule has 0 saturated carbocycles. The molecule has 0 N–H and O–H groups in total. The molecule has 1 aliphatic carbocycles. The summed E-state index contributed by atoms with van der Waals surface area (Å²) in [6.07, 6.45) is 3.00. The van der Waals surface area contributed by atoms with Crippen LogP contribution in [0, 0.1) is 11.8 Å². The van der Waals surface area contributed by atoms with Gasteiger partial charge in [-0.1, -0.05) is 63.4 Å². The fraction of sp³-hybridized carbons (Fsp3) is 0.208. The van der Waals surface area contributed by atoms with Gasteiger partial charge in [-0.2, -0.15) is 0 Å². The molecule has 0 fully saturated rings. The topological polar surface area (TPSA) is 0 Å². The monoisotopic (exact) mass is 457 g/mol. The fourth-order valence-corrected chi connectivity index (χ4v) is 5.06. The molecule has 0 radical (unpaired) electrons. The van der Waals surface area contributed by atoms with Crippen molar-refractivity contribution in [3.63, 3.8) is 0 Å². The van der Waals surface area contributed by atoms with Crippen LogP contribution in [0.5, 0.6) is 0 Å². The van der Waals surface area contributed by atoms with Crippen molar-refractivity contribution in [2.75, 3.05) is 0 Å². The Hall–Kier alpha value is -1.41. The van der Waals surface area contributed by atoms with Crippen molar-refractivity contribution < 1.29 is 0 Å². The minimum atomic E-state index is 0.422. The van der Waals surface area contributed by atoms with E-state index in [-0.39, 0.29) is 0 Å². The van der Waals surface area contributed by atoms with E-state index in [0.717, 1.165) is 29.3 Å². The smallest absolute Gasteiger partial charge is 0.0855 e. The van der Waals surface area contributed by atoms with E-state index in [0.29, 0.717) is 10.7 Å². The minimum absolute atomic E-state index is 0.422. The van der Waals surface area contributed by atoms with Crippen LogP contribution in [0.4, 0.5) is 0 Å². The van der Waals surface area contributed by atoms with E-state index in [2.05, 4.69) is 64.5 Å². The summed E-state index contributed by atoms with van der Waals surface area (Å²) >= 11 is 16.1. The van der Waals surface area contributed by atoms with Crippen LogP contribution in [-0.4, -0.2) is 4.83 Å². The average Bonchev–Trinajstić information content (AvgIpc) is 2.67. The van der Waals surface area contributed by atoms with Gasteiger partial charge >= 0.3 is 0 Å². The standard InChI is InChI=1S/C24H20BrCl2/c25-24-15-18-3-1-2-4-21(18)22(13-16-5-9-19(26)10-6-16)23(24)14-17-7-11-20(27)12-8-17/h1-12,23-24H,13-15H2/q+1. The van der Waals surface area contributed by atoms with Crippen molar-refractivity contribution in [2.45, 2.75) is 24.1 Å². The molecule has 1 aliphatic rings. The Morgan fingerprint density at radius 1 is 0.815 bits per heavy atom. The maximum Gasteiger partial charge on any atom is 0.136 e. The molecule has 3 aromatic carbocycles. The molecule has 3 heteroatoms. The maximum absolute atomic E-state index is 6.08. The molecule has 2 atom stereocenters. The van der Waals surface area contributed by atoms with Gasteiger partial charge in [0.2, 0.25) is 0 Å². The summed E-state index contributed by atoms with van der Waals surface area (Å²) in [6.45, 7) is 0. The van der Waals surface area contributed by atoms with Crippen molar-refractivity contribution in [1.29, 1.82) is 0 Å². The third-order valence-corrected chi connectivity index (χ3v) is 6.80. The van der Waals surface area contributed by atoms with Crippen molar-refractivity contribution >= 4 is 39.1 Å². The van der Waals surface area contributed by atoms with Gasteiger partial charge in [0.15, 0.2) is 0 Å². The molecule has 0 amide bonds. The lowest BCUT2D eigenvalue weighted by Gasteiger charge is -2.32. The van der Waals surface area contributed by atoms with Crippen molar-refractivity contribution in [1.82, 2.24) is 0 Å². The van der Waals surface area contributed by atoms with Crippen molar-refractivity contribution in [3.8, 4) is 0 Å². The summed E-state index contributed by atoms with van der Waals surface area (Å²) < 4.78 is 0. The zero-order chi connectivity index (χ0) is 18.8. The van der Waals surface area contributed by atoms with Crippen LogP contribution in [-0.2, 0) is 19.3 Å². The minimum Gasteiger partial charge on any atom is -0.0855 e. The molecule has 27 heavy (non-hydrogen) atoms. The molecule has 2 unspecified atom stereocenters.